The first-order valence-electron chi connectivity index (χ1n) is 8.00. The van der Waals surface area contributed by atoms with Gasteiger partial charge in [-0.3, -0.25) is 4.98 Å². The highest BCUT2D eigenvalue weighted by Crippen LogP contribution is 2.34. The molecular weight excluding hydrogens is 350 g/mol. The summed E-state index contributed by atoms with van der Waals surface area (Å²) in [5, 5.41) is 11.4. The first-order chi connectivity index (χ1) is 12.4. The number of aromatic hydroxyl groups is 1. The highest BCUT2D eigenvalue weighted by molar-refractivity contribution is 6.35. The van der Waals surface area contributed by atoms with Gasteiger partial charge in [0, 0.05) is 29.5 Å². The number of aromatic nitrogens is 4. The summed E-state index contributed by atoms with van der Waals surface area (Å²) in [5.74, 6) is 0.178. The molecule has 0 aliphatic carbocycles. The standard InChI is InChI=1S/C19H16ClN5O/c1-10-4-6-25(9-10)18-15(23-19(26)17(21)24-18)12-7-13-11(2)3-5-22-16(13)14(20)8-12/h3-9H,1-2H3,(H2,21,24)(H,23,26). The number of nitrogens with two attached hydrogens (primary N) is 1. The van der Waals surface area contributed by atoms with Crippen LogP contribution in [0.25, 0.3) is 28.0 Å². The molecule has 4 aromatic rings. The molecular formula is C19H16ClN5O. The van der Waals surface area contributed by atoms with Crippen LogP contribution in [-0.4, -0.2) is 24.6 Å². The lowest BCUT2D eigenvalue weighted by Gasteiger charge is -2.13. The van der Waals surface area contributed by atoms with Crippen molar-refractivity contribution in [1.82, 2.24) is 19.5 Å². The summed E-state index contributed by atoms with van der Waals surface area (Å²) in [6, 6.07) is 7.60. The molecule has 0 aliphatic rings. The van der Waals surface area contributed by atoms with E-state index in [1.807, 2.05) is 49.0 Å². The second-order valence-corrected chi connectivity index (χ2v) is 6.59. The van der Waals surface area contributed by atoms with Gasteiger partial charge in [-0.25, -0.2) is 9.97 Å². The van der Waals surface area contributed by atoms with E-state index in [9.17, 15) is 5.11 Å². The Morgan fingerprint density at radius 2 is 1.96 bits per heavy atom. The molecule has 0 saturated carbocycles. The number of nitrogens with zero attached hydrogens (tertiary/aromatic N) is 4. The Kier molecular flexibility index (Phi) is 3.77. The molecule has 7 heteroatoms. The van der Waals surface area contributed by atoms with Gasteiger partial charge in [0.15, 0.2) is 11.6 Å². The molecule has 0 bridgehead atoms. The minimum absolute atomic E-state index is 0.0279. The van der Waals surface area contributed by atoms with Crippen molar-refractivity contribution < 1.29 is 5.11 Å². The number of benzene rings is 1. The Morgan fingerprint density at radius 1 is 1.15 bits per heavy atom. The number of rotatable bonds is 2. The van der Waals surface area contributed by atoms with Crippen molar-refractivity contribution in [2.45, 2.75) is 13.8 Å². The highest BCUT2D eigenvalue weighted by atomic mass is 35.5. The third-order valence-corrected chi connectivity index (χ3v) is 4.55. The van der Waals surface area contributed by atoms with E-state index in [-0.39, 0.29) is 11.7 Å². The number of aryl methyl sites for hydroxylation is 2. The van der Waals surface area contributed by atoms with Crippen LogP contribution in [0, 0.1) is 13.8 Å². The molecule has 6 nitrogen and oxygen atoms in total. The average Bonchev–Trinajstić information content (AvgIpc) is 3.04. The lowest BCUT2D eigenvalue weighted by atomic mass is 10.0. The third-order valence-electron chi connectivity index (χ3n) is 4.26. The van der Waals surface area contributed by atoms with Crippen molar-refractivity contribution in [1.29, 1.82) is 0 Å². The van der Waals surface area contributed by atoms with Gasteiger partial charge in [0.2, 0.25) is 0 Å². The Balaban J connectivity index is 2.03. The molecule has 4 rings (SSSR count). The summed E-state index contributed by atoms with van der Waals surface area (Å²) in [7, 11) is 0. The number of fused-ring (bicyclic) bond motifs is 1. The van der Waals surface area contributed by atoms with Gasteiger partial charge < -0.3 is 15.4 Å². The number of halogens is 1. The van der Waals surface area contributed by atoms with E-state index in [2.05, 4.69) is 15.0 Å². The van der Waals surface area contributed by atoms with Gasteiger partial charge in [0.05, 0.1) is 10.5 Å². The predicted molar refractivity (Wildman–Crippen MR) is 103 cm³/mol. The Hall–Kier alpha value is -3.12. The van der Waals surface area contributed by atoms with E-state index in [0.29, 0.717) is 16.5 Å². The van der Waals surface area contributed by atoms with Gasteiger partial charge in [0.1, 0.15) is 5.69 Å². The van der Waals surface area contributed by atoms with Gasteiger partial charge in [-0.15, -0.1) is 0 Å². The molecule has 0 fully saturated rings. The number of hydrogen-bond acceptors (Lipinski definition) is 5. The van der Waals surface area contributed by atoms with Crippen molar-refractivity contribution in [3.8, 4) is 23.0 Å². The maximum Gasteiger partial charge on any atom is 0.255 e. The van der Waals surface area contributed by atoms with Crippen LogP contribution in [0.2, 0.25) is 5.02 Å². The maximum absolute atomic E-state index is 10.0. The lowest BCUT2D eigenvalue weighted by Crippen LogP contribution is -2.04. The molecule has 0 radical (unpaired) electrons. The van der Waals surface area contributed by atoms with Crippen molar-refractivity contribution in [3.63, 3.8) is 0 Å². The molecule has 0 atom stereocenters. The van der Waals surface area contributed by atoms with Crippen molar-refractivity contribution in [2.24, 2.45) is 0 Å². The Morgan fingerprint density at radius 3 is 2.69 bits per heavy atom. The van der Waals surface area contributed by atoms with Crippen LogP contribution in [0.5, 0.6) is 5.88 Å². The second kappa shape index (κ2) is 6.00. The lowest BCUT2D eigenvalue weighted by molar-refractivity contribution is 0.454. The monoisotopic (exact) mass is 365 g/mol. The Bertz CT molecular complexity index is 1150. The van der Waals surface area contributed by atoms with Crippen LogP contribution in [0.15, 0.2) is 42.9 Å². The molecule has 0 spiro atoms. The molecule has 130 valence electrons. The zero-order chi connectivity index (χ0) is 18.4. The quantitative estimate of drug-likeness (QED) is 0.559. The van der Waals surface area contributed by atoms with Gasteiger partial charge in [-0.2, -0.15) is 0 Å². The van der Waals surface area contributed by atoms with Crippen LogP contribution in [0.4, 0.5) is 5.82 Å². The molecule has 1 aromatic carbocycles. The fourth-order valence-corrected chi connectivity index (χ4v) is 3.19. The summed E-state index contributed by atoms with van der Waals surface area (Å²) in [6.07, 6.45) is 5.51. The molecule has 0 saturated heterocycles. The van der Waals surface area contributed by atoms with Crippen molar-refractivity contribution >= 4 is 28.3 Å². The maximum atomic E-state index is 10.0. The zero-order valence-corrected chi connectivity index (χ0v) is 15.0. The van der Waals surface area contributed by atoms with Crippen LogP contribution in [-0.2, 0) is 0 Å². The molecule has 3 N–H and O–H groups in total. The summed E-state index contributed by atoms with van der Waals surface area (Å²) < 4.78 is 1.82. The van der Waals surface area contributed by atoms with Gasteiger partial charge in [-0.05, 0) is 49.2 Å². The molecule has 3 aromatic heterocycles. The largest absolute Gasteiger partial charge is 0.491 e. The molecule has 0 amide bonds. The fourth-order valence-electron chi connectivity index (χ4n) is 2.92. The first kappa shape index (κ1) is 16.4. The summed E-state index contributed by atoms with van der Waals surface area (Å²) in [6.45, 7) is 3.97. The number of hydrogen-bond donors (Lipinski definition) is 2. The average molecular weight is 366 g/mol. The van der Waals surface area contributed by atoms with Crippen LogP contribution in [0.1, 0.15) is 11.1 Å². The Labute approximate surface area is 154 Å². The SMILES string of the molecule is Cc1ccn(-c2nc(N)c(O)nc2-c2cc(Cl)c3nccc(C)c3c2)c1. The number of pyridine rings is 1. The third kappa shape index (κ3) is 2.64. The summed E-state index contributed by atoms with van der Waals surface area (Å²) >= 11 is 6.45. The summed E-state index contributed by atoms with van der Waals surface area (Å²) in [5.41, 5.74) is 9.83. The van der Waals surface area contributed by atoms with E-state index >= 15 is 0 Å². The van der Waals surface area contributed by atoms with Crippen LogP contribution in [0.3, 0.4) is 0 Å². The fraction of sp³-hybridized carbons (Fsp3) is 0.105. The van der Waals surface area contributed by atoms with Gasteiger partial charge in [0.25, 0.3) is 5.88 Å². The van der Waals surface area contributed by atoms with E-state index in [1.54, 1.807) is 12.3 Å². The van der Waals surface area contributed by atoms with Crippen molar-refractivity contribution in [2.75, 3.05) is 5.73 Å². The normalized spacial score (nSPS) is 11.2. The smallest absolute Gasteiger partial charge is 0.255 e. The molecule has 3 heterocycles. The van der Waals surface area contributed by atoms with Gasteiger partial charge >= 0.3 is 0 Å². The van der Waals surface area contributed by atoms with E-state index in [4.69, 9.17) is 17.3 Å². The molecule has 0 aliphatic heterocycles. The predicted octanol–water partition coefficient (Wildman–Crippen LogP) is 4.04. The van der Waals surface area contributed by atoms with E-state index in [1.165, 1.54) is 0 Å². The first-order valence-corrected chi connectivity index (χ1v) is 8.38. The number of nitrogen functional groups attached to an aromatic ring is 1. The minimum Gasteiger partial charge on any atom is -0.491 e. The minimum atomic E-state index is -0.313. The zero-order valence-electron chi connectivity index (χ0n) is 14.2. The van der Waals surface area contributed by atoms with Crippen LogP contribution < -0.4 is 5.73 Å². The molecule has 26 heavy (non-hydrogen) atoms. The second-order valence-electron chi connectivity index (χ2n) is 6.18. The topological polar surface area (TPSA) is 89.9 Å². The van der Waals surface area contributed by atoms with E-state index < -0.39 is 0 Å². The van der Waals surface area contributed by atoms with Crippen LogP contribution >= 0.6 is 11.6 Å². The highest BCUT2D eigenvalue weighted by Gasteiger charge is 2.17. The summed E-state index contributed by atoms with van der Waals surface area (Å²) in [4.78, 5) is 13.0. The van der Waals surface area contributed by atoms with E-state index in [0.717, 1.165) is 27.6 Å². The molecule has 0 unspecified atom stereocenters. The number of anilines is 1. The van der Waals surface area contributed by atoms with Crippen molar-refractivity contribution in [3.05, 3.63) is 59.0 Å². The van der Waals surface area contributed by atoms with Gasteiger partial charge in [-0.1, -0.05) is 11.6 Å².